The van der Waals surface area contributed by atoms with Gasteiger partial charge < -0.3 is 4.90 Å². The Kier molecular flexibility index (Phi) is 4.06. The van der Waals surface area contributed by atoms with Crippen molar-refractivity contribution in [2.24, 2.45) is 0 Å². The van der Waals surface area contributed by atoms with Crippen molar-refractivity contribution in [3.8, 4) is 0 Å². The molecule has 0 atom stereocenters. The number of pyridine rings is 1. The molecule has 2 aromatic rings. The van der Waals surface area contributed by atoms with Crippen LogP contribution in [-0.2, 0) is 6.54 Å². The van der Waals surface area contributed by atoms with Gasteiger partial charge in [-0.25, -0.2) is 0 Å². The Hall–Kier alpha value is -1.68. The summed E-state index contributed by atoms with van der Waals surface area (Å²) < 4.78 is 0.856. The molecule has 3 rings (SSSR count). The molecule has 1 heterocycles. The van der Waals surface area contributed by atoms with E-state index in [-0.39, 0.29) is 5.91 Å². The summed E-state index contributed by atoms with van der Waals surface area (Å²) in [6.07, 6.45) is 5.77. The molecule has 0 spiro atoms. The zero-order valence-corrected chi connectivity index (χ0v) is 13.5. The number of carbonyl (C=O) groups is 1. The third-order valence-electron chi connectivity index (χ3n) is 3.68. The lowest BCUT2D eigenvalue weighted by Crippen LogP contribution is -2.32. The summed E-state index contributed by atoms with van der Waals surface area (Å²) in [6.45, 7) is 2.63. The van der Waals surface area contributed by atoms with Gasteiger partial charge in [0.25, 0.3) is 5.91 Å². The summed E-state index contributed by atoms with van der Waals surface area (Å²) in [5.41, 5.74) is 2.91. The quantitative estimate of drug-likeness (QED) is 0.840. The van der Waals surface area contributed by atoms with Crippen LogP contribution in [0.1, 0.15) is 34.3 Å². The van der Waals surface area contributed by atoms with Gasteiger partial charge in [-0.2, -0.15) is 0 Å². The molecular weight excluding hydrogens is 328 g/mol. The summed E-state index contributed by atoms with van der Waals surface area (Å²) in [7, 11) is 0. The van der Waals surface area contributed by atoms with E-state index in [1.54, 1.807) is 6.20 Å². The Labute approximate surface area is 133 Å². The van der Waals surface area contributed by atoms with E-state index in [1.807, 2.05) is 48.4 Å². The Morgan fingerprint density at radius 2 is 2.19 bits per heavy atom. The molecule has 1 aliphatic rings. The number of hydrogen-bond acceptors (Lipinski definition) is 2. The van der Waals surface area contributed by atoms with Gasteiger partial charge in [0.1, 0.15) is 0 Å². The molecule has 1 aliphatic carbocycles. The maximum Gasteiger partial charge on any atom is 0.255 e. The molecular formula is C17H17BrN2O. The molecule has 0 unspecified atom stereocenters. The van der Waals surface area contributed by atoms with Gasteiger partial charge in [0.05, 0.1) is 5.56 Å². The number of amides is 1. The molecule has 0 radical (unpaired) electrons. The van der Waals surface area contributed by atoms with Crippen molar-refractivity contribution >= 4 is 21.8 Å². The van der Waals surface area contributed by atoms with Crippen molar-refractivity contribution in [2.45, 2.75) is 32.4 Å². The maximum absolute atomic E-state index is 12.9. The normalized spacial score (nSPS) is 14.0. The molecule has 1 saturated carbocycles. The first-order valence-corrected chi connectivity index (χ1v) is 7.90. The number of hydrogen-bond donors (Lipinski definition) is 0. The summed E-state index contributed by atoms with van der Waals surface area (Å²) in [6, 6.07) is 10.2. The largest absolute Gasteiger partial charge is 0.331 e. The molecule has 1 amide bonds. The number of nitrogens with zero attached hydrogens (tertiary/aromatic N) is 2. The van der Waals surface area contributed by atoms with Crippen LogP contribution in [0, 0.1) is 6.92 Å². The lowest BCUT2D eigenvalue weighted by Gasteiger charge is -2.23. The van der Waals surface area contributed by atoms with E-state index in [1.165, 1.54) is 0 Å². The predicted octanol–water partition coefficient (Wildman–Crippen LogP) is 3.96. The highest BCUT2D eigenvalue weighted by Crippen LogP contribution is 2.31. The SMILES string of the molecule is Cc1ccc(Br)c(C(=O)N(Cc2cccnc2)C2CC2)c1. The van der Waals surface area contributed by atoms with E-state index in [0.717, 1.165) is 34.0 Å². The number of aromatic nitrogens is 1. The fourth-order valence-corrected chi connectivity index (χ4v) is 2.82. The Morgan fingerprint density at radius 1 is 1.38 bits per heavy atom. The molecule has 1 fully saturated rings. The molecule has 0 saturated heterocycles. The van der Waals surface area contributed by atoms with Gasteiger partial charge in [-0.1, -0.05) is 17.7 Å². The highest BCUT2D eigenvalue weighted by molar-refractivity contribution is 9.10. The highest BCUT2D eigenvalue weighted by atomic mass is 79.9. The zero-order valence-electron chi connectivity index (χ0n) is 11.9. The van der Waals surface area contributed by atoms with Crippen LogP contribution in [-0.4, -0.2) is 21.8 Å². The van der Waals surface area contributed by atoms with Gasteiger partial charge in [-0.15, -0.1) is 0 Å². The number of benzene rings is 1. The van der Waals surface area contributed by atoms with Gasteiger partial charge in [-0.05, 0) is 59.5 Å². The molecule has 0 aliphatic heterocycles. The van der Waals surface area contributed by atoms with E-state index in [0.29, 0.717) is 12.6 Å². The number of halogens is 1. The molecule has 1 aromatic heterocycles. The van der Waals surface area contributed by atoms with Crippen LogP contribution in [0.25, 0.3) is 0 Å². The number of aryl methyl sites for hydroxylation is 1. The first-order valence-electron chi connectivity index (χ1n) is 7.11. The van der Waals surface area contributed by atoms with Gasteiger partial charge in [0.15, 0.2) is 0 Å². The lowest BCUT2D eigenvalue weighted by molar-refractivity contribution is 0.0728. The van der Waals surface area contributed by atoms with Gasteiger partial charge in [-0.3, -0.25) is 9.78 Å². The van der Waals surface area contributed by atoms with Crippen LogP contribution >= 0.6 is 15.9 Å². The van der Waals surface area contributed by atoms with Crippen molar-refractivity contribution in [3.05, 3.63) is 63.9 Å². The molecule has 3 nitrogen and oxygen atoms in total. The van der Waals surface area contributed by atoms with Gasteiger partial charge in [0.2, 0.25) is 0 Å². The third-order valence-corrected chi connectivity index (χ3v) is 4.37. The van der Waals surface area contributed by atoms with E-state index in [9.17, 15) is 4.79 Å². The molecule has 108 valence electrons. The zero-order chi connectivity index (χ0) is 14.8. The second-order valence-corrected chi connectivity index (χ2v) is 6.36. The average Bonchev–Trinajstić information content (AvgIpc) is 3.32. The fraction of sp³-hybridized carbons (Fsp3) is 0.294. The fourth-order valence-electron chi connectivity index (χ4n) is 2.40. The summed E-state index contributed by atoms with van der Waals surface area (Å²) in [4.78, 5) is 19.0. The molecule has 4 heteroatoms. The van der Waals surface area contributed by atoms with Crippen LogP contribution in [0.4, 0.5) is 0 Å². The molecule has 0 bridgehead atoms. The number of carbonyl (C=O) groups excluding carboxylic acids is 1. The van der Waals surface area contributed by atoms with E-state index in [4.69, 9.17) is 0 Å². The monoisotopic (exact) mass is 344 g/mol. The van der Waals surface area contributed by atoms with Crippen LogP contribution < -0.4 is 0 Å². The van der Waals surface area contributed by atoms with E-state index >= 15 is 0 Å². The van der Waals surface area contributed by atoms with Crippen molar-refractivity contribution < 1.29 is 4.79 Å². The number of rotatable bonds is 4. The second-order valence-electron chi connectivity index (χ2n) is 5.51. The average molecular weight is 345 g/mol. The molecule has 1 aromatic carbocycles. The predicted molar refractivity (Wildman–Crippen MR) is 86.0 cm³/mol. The molecule has 0 N–H and O–H groups in total. The summed E-state index contributed by atoms with van der Waals surface area (Å²) in [5.74, 6) is 0.0944. The Bertz CT molecular complexity index is 653. The minimum atomic E-state index is 0.0944. The first-order chi connectivity index (χ1) is 10.1. The van der Waals surface area contributed by atoms with Crippen LogP contribution in [0.5, 0.6) is 0 Å². The Morgan fingerprint density at radius 3 is 2.86 bits per heavy atom. The second kappa shape index (κ2) is 5.98. The molecule has 21 heavy (non-hydrogen) atoms. The van der Waals surface area contributed by atoms with Crippen LogP contribution in [0.15, 0.2) is 47.2 Å². The van der Waals surface area contributed by atoms with E-state index < -0.39 is 0 Å². The standard InChI is InChI=1S/C17H17BrN2O/c1-12-4-7-16(18)15(9-12)17(21)20(14-5-6-14)11-13-3-2-8-19-10-13/h2-4,7-10,14H,5-6,11H2,1H3. The van der Waals surface area contributed by atoms with Crippen LogP contribution in [0.3, 0.4) is 0 Å². The Balaban J connectivity index is 1.87. The van der Waals surface area contributed by atoms with Gasteiger partial charge >= 0.3 is 0 Å². The van der Waals surface area contributed by atoms with Crippen molar-refractivity contribution in [1.29, 1.82) is 0 Å². The van der Waals surface area contributed by atoms with Crippen molar-refractivity contribution in [3.63, 3.8) is 0 Å². The van der Waals surface area contributed by atoms with E-state index in [2.05, 4.69) is 20.9 Å². The first kappa shape index (κ1) is 14.3. The van der Waals surface area contributed by atoms with Gasteiger partial charge in [0, 0.05) is 29.5 Å². The summed E-state index contributed by atoms with van der Waals surface area (Å²) >= 11 is 3.49. The van der Waals surface area contributed by atoms with Crippen molar-refractivity contribution in [1.82, 2.24) is 9.88 Å². The maximum atomic E-state index is 12.9. The minimum absolute atomic E-state index is 0.0944. The lowest BCUT2D eigenvalue weighted by atomic mass is 10.1. The van der Waals surface area contributed by atoms with Crippen LogP contribution in [0.2, 0.25) is 0 Å². The summed E-state index contributed by atoms with van der Waals surface area (Å²) in [5, 5.41) is 0. The smallest absolute Gasteiger partial charge is 0.255 e. The third kappa shape index (κ3) is 3.32. The van der Waals surface area contributed by atoms with Crippen molar-refractivity contribution in [2.75, 3.05) is 0 Å². The topological polar surface area (TPSA) is 33.2 Å². The highest BCUT2D eigenvalue weighted by Gasteiger charge is 2.33. The minimum Gasteiger partial charge on any atom is -0.331 e.